The summed E-state index contributed by atoms with van der Waals surface area (Å²) in [5, 5.41) is 3.45. The van der Waals surface area contributed by atoms with Gasteiger partial charge < -0.3 is 15.1 Å². The van der Waals surface area contributed by atoms with Crippen molar-refractivity contribution < 1.29 is 0 Å². The van der Waals surface area contributed by atoms with Crippen molar-refractivity contribution in [2.75, 3.05) is 46.8 Å². The molecule has 0 aliphatic rings. The summed E-state index contributed by atoms with van der Waals surface area (Å²) < 4.78 is 0. The lowest BCUT2D eigenvalue weighted by molar-refractivity contribution is 0.297. The molecule has 0 aromatic carbocycles. The van der Waals surface area contributed by atoms with Crippen molar-refractivity contribution in [2.45, 2.75) is 46.5 Å². The zero-order valence-corrected chi connectivity index (χ0v) is 16.4. The van der Waals surface area contributed by atoms with Crippen LogP contribution in [0.5, 0.6) is 0 Å². The van der Waals surface area contributed by atoms with Crippen molar-refractivity contribution >= 4 is 29.9 Å². The molecule has 0 atom stereocenters. The van der Waals surface area contributed by atoms with Gasteiger partial charge in [-0.05, 0) is 38.9 Å². The lowest BCUT2D eigenvalue weighted by Gasteiger charge is -2.22. The molecule has 0 bridgehead atoms. The van der Waals surface area contributed by atoms with Crippen LogP contribution in [0.3, 0.4) is 0 Å². The molecule has 0 aromatic rings. The highest BCUT2D eigenvalue weighted by Gasteiger charge is 2.04. The minimum absolute atomic E-state index is 0. The lowest BCUT2D eigenvalue weighted by Crippen LogP contribution is -2.39. The average Bonchev–Trinajstić information content (AvgIpc) is 2.44. The molecule has 4 nitrogen and oxygen atoms in total. The van der Waals surface area contributed by atoms with Gasteiger partial charge in [0.25, 0.3) is 0 Å². The highest BCUT2D eigenvalue weighted by molar-refractivity contribution is 14.0. The Morgan fingerprint density at radius 3 is 2.15 bits per heavy atom. The summed E-state index contributed by atoms with van der Waals surface area (Å²) in [6.07, 6.45) is 4.91. The number of hydrogen-bond donors (Lipinski definition) is 1. The summed E-state index contributed by atoms with van der Waals surface area (Å²) in [6.45, 7) is 12.3. The molecule has 122 valence electrons. The van der Waals surface area contributed by atoms with E-state index in [-0.39, 0.29) is 24.0 Å². The second-order valence-corrected chi connectivity index (χ2v) is 4.98. The summed E-state index contributed by atoms with van der Waals surface area (Å²) >= 11 is 0. The molecule has 20 heavy (non-hydrogen) atoms. The van der Waals surface area contributed by atoms with Gasteiger partial charge in [-0.2, -0.15) is 0 Å². The molecule has 0 heterocycles. The Bertz CT molecular complexity index is 230. The lowest BCUT2D eigenvalue weighted by atomic mass is 10.3. The zero-order chi connectivity index (χ0) is 14.5. The number of nitrogens with one attached hydrogen (secondary N) is 1. The Balaban J connectivity index is 0. The number of unbranched alkanes of at least 4 members (excludes halogenated alkanes) is 2. The molecule has 0 aliphatic heterocycles. The molecule has 0 saturated carbocycles. The van der Waals surface area contributed by atoms with E-state index in [1.165, 1.54) is 32.2 Å². The largest absolute Gasteiger partial charge is 0.356 e. The van der Waals surface area contributed by atoms with Crippen LogP contribution in [0.25, 0.3) is 0 Å². The third-order valence-electron chi connectivity index (χ3n) is 3.50. The minimum Gasteiger partial charge on any atom is -0.356 e. The highest BCUT2D eigenvalue weighted by Crippen LogP contribution is 1.96. The molecule has 0 aromatic heterocycles. The Labute approximate surface area is 143 Å². The van der Waals surface area contributed by atoms with Gasteiger partial charge in [0.1, 0.15) is 0 Å². The van der Waals surface area contributed by atoms with E-state index in [0.717, 1.165) is 32.1 Å². The predicted octanol–water partition coefficient (Wildman–Crippen LogP) is 3.03. The van der Waals surface area contributed by atoms with Crippen LogP contribution in [0.4, 0.5) is 0 Å². The SMILES string of the molecule is CCCCN(C)C(=NC)NCCCCN(CC)CC.I. The Kier molecular flexibility index (Phi) is 17.1. The van der Waals surface area contributed by atoms with Crippen LogP contribution in [0, 0.1) is 0 Å². The van der Waals surface area contributed by atoms with Crippen molar-refractivity contribution in [1.82, 2.24) is 15.1 Å². The number of aliphatic imine (C=N–C) groups is 1. The van der Waals surface area contributed by atoms with Gasteiger partial charge in [-0.25, -0.2) is 0 Å². The first kappa shape index (κ1) is 22.2. The Hall–Kier alpha value is -0.0400. The van der Waals surface area contributed by atoms with Crippen LogP contribution in [0.1, 0.15) is 46.5 Å². The van der Waals surface area contributed by atoms with Gasteiger partial charge in [0, 0.05) is 27.2 Å². The summed E-state index contributed by atoms with van der Waals surface area (Å²) in [7, 11) is 3.97. The van der Waals surface area contributed by atoms with E-state index in [2.05, 4.69) is 47.9 Å². The molecular weight excluding hydrogens is 363 g/mol. The standard InChI is InChI=1S/C15H34N4.HI/c1-6-9-13-18(5)15(16-4)17-12-10-11-14-19(7-2)8-3;/h6-14H2,1-5H3,(H,16,17);1H. The summed E-state index contributed by atoms with van der Waals surface area (Å²) in [5.74, 6) is 1.02. The van der Waals surface area contributed by atoms with Crippen LogP contribution in [-0.2, 0) is 0 Å². The van der Waals surface area contributed by atoms with Crippen LogP contribution in [0.15, 0.2) is 4.99 Å². The molecule has 1 N–H and O–H groups in total. The number of guanidine groups is 1. The first-order valence-corrected chi connectivity index (χ1v) is 7.83. The monoisotopic (exact) mass is 398 g/mol. The van der Waals surface area contributed by atoms with Crippen LogP contribution < -0.4 is 5.32 Å². The molecule has 0 saturated heterocycles. The third kappa shape index (κ3) is 10.7. The van der Waals surface area contributed by atoms with E-state index in [9.17, 15) is 0 Å². The van der Waals surface area contributed by atoms with Gasteiger partial charge in [-0.15, -0.1) is 24.0 Å². The smallest absolute Gasteiger partial charge is 0.193 e. The fourth-order valence-corrected chi connectivity index (χ4v) is 2.09. The summed E-state index contributed by atoms with van der Waals surface area (Å²) in [5.41, 5.74) is 0. The normalized spacial score (nSPS) is 11.4. The maximum atomic E-state index is 4.33. The second kappa shape index (κ2) is 15.4. The van der Waals surface area contributed by atoms with Crippen LogP contribution in [-0.4, -0.2) is 62.6 Å². The van der Waals surface area contributed by atoms with E-state index in [4.69, 9.17) is 0 Å². The number of rotatable bonds is 10. The van der Waals surface area contributed by atoms with Crippen molar-refractivity contribution in [1.29, 1.82) is 0 Å². The van der Waals surface area contributed by atoms with E-state index in [1.807, 2.05) is 7.05 Å². The maximum absolute atomic E-state index is 4.33. The zero-order valence-electron chi connectivity index (χ0n) is 14.1. The fourth-order valence-electron chi connectivity index (χ4n) is 2.09. The van der Waals surface area contributed by atoms with Gasteiger partial charge in [0.2, 0.25) is 0 Å². The quantitative estimate of drug-likeness (QED) is 0.266. The highest BCUT2D eigenvalue weighted by atomic mass is 127. The topological polar surface area (TPSA) is 30.9 Å². The van der Waals surface area contributed by atoms with E-state index in [1.54, 1.807) is 0 Å². The molecule has 0 unspecified atom stereocenters. The third-order valence-corrected chi connectivity index (χ3v) is 3.50. The number of hydrogen-bond acceptors (Lipinski definition) is 2. The van der Waals surface area contributed by atoms with Crippen molar-refractivity contribution in [3.05, 3.63) is 0 Å². The predicted molar refractivity (Wildman–Crippen MR) is 101 cm³/mol. The summed E-state index contributed by atoms with van der Waals surface area (Å²) in [6, 6.07) is 0. The van der Waals surface area contributed by atoms with Crippen molar-refractivity contribution in [3.63, 3.8) is 0 Å². The molecule has 0 rings (SSSR count). The van der Waals surface area contributed by atoms with Gasteiger partial charge in [0.15, 0.2) is 5.96 Å². The number of nitrogens with zero attached hydrogens (tertiary/aromatic N) is 3. The fraction of sp³-hybridized carbons (Fsp3) is 0.933. The molecule has 0 fully saturated rings. The minimum atomic E-state index is 0. The average molecular weight is 398 g/mol. The van der Waals surface area contributed by atoms with Gasteiger partial charge in [-0.1, -0.05) is 27.2 Å². The first-order chi connectivity index (χ1) is 9.19. The van der Waals surface area contributed by atoms with E-state index < -0.39 is 0 Å². The molecule has 5 heteroatoms. The van der Waals surface area contributed by atoms with Crippen LogP contribution in [0.2, 0.25) is 0 Å². The van der Waals surface area contributed by atoms with Crippen LogP contribution >= 0.6 is 24.0 Å². The van der Waals surface area contributed by atoms with Crippen molar-refractivity contribution in [2.24, 2.45) is 4.99 Å². The Morgan fingerprint density at radius 2 is 1.65 bits per heavy atom. The molecule has 0 radical (unpaired) electrons. The number of halogens is 1. The molecule has 0 aliphatic carbocycles. The van der Waals surface area contributed by atoms with E-state index in [0.29, 0.717) is 0 Å². The molecule has 0 spiro atoms. The van der Waals surface area contributed by atoms with Gasteiger partial charge >= 0.3 is 0 Å². The van der Waals surface area contributed by atoms with Gasteiger partial charge in [-0.3, -0.25) is 4.99 Å². The first-order valence-electron chi connectivity index (χ1n) is 7.83. The van der Waals surface area contributed by atoms with Gasteiger partial charge in [0.05, 0.1) is 0 Å². The summed E-state index contributed by atoms with van der Waals surface area (Å²) in [4.78, 5) is 9.02. The molecular formula is C15H35IN4. The second-order valence-electron chi connectivity index (χ2n) is 4.98. The molecule has 0 amide bonds. The Morgan fingerprint density at radius 1 is 1.00 bits per heavy atom. The van der Waals surface area contributed by atoms with E-state index >= 15 is 0 Å². The maximum Gasteiger partial charge on any atom is 0.193 e. The van der Waals surface area contributed by atoms with Crippen molar-refractivity contribution in [3.8, 4) is 0 Å².